The van der Waals surface area contributed by atoms with E-state index in [4.69, 9.17) is 4.74 Å². The van der Waals surface area contributed by atoms with E-state index in [1.807, 2.05) is 64.2 Å². The van der Waals surface area contributed by atoms with Gasteiger partial charge >= 0.3 is 0 Å². The summed E-state index contributed by atoms with van der Waals surface area (Å²) < 4.78 is 7.89. The minimum absolute atomic E-state index is 0. The maximum Gasteiger partial charge on any atom is 0.254 e. The summed E-state index contributed by atoms with van der Waals surface area (Å²) in [5, 5.41) is 3.35. The second-order valence-corrected chi connectivity index (χ2v) is 7.16. The first-order valence-corrected chi connectivity index (χ1v) is 9.92. The van der Waals surface area contributed by atoms with E-state index in [-0.39, 0.29) is 36.8 Å². The molecular weight excluding hydrogens is 423 g/mol. The van der Waals surface area contributed by atoms with E-state index in [1.54, 1.807) is 0 Å². The van der Waals surface area contributed by atoms with Crippen molar-refractivity contribution in [3.05, 3.63) is 66.1 Å². The average Bonchev–Trinajstić information content (AvgIpc) is 3.39. The number of carbonyl (C=O) groups excluding carboxylic acids is 1. The smallest absolute Gasteiger partial charge is 0.254 e. The lowest BCUT2D eigenvalue weighted by Gasteiger charge is -2.28. The standard InChI is InChI=1S/C22H26N4O2.2ClH/c1-2-11-26(19-9-10-23-14-19)22(27)17-6-5-7-20(13-17)28-16-18-15-25-12-4-3-8-21(25)24-18;;/h3-8,12-13,15,19,23H,2,9-11,14,16H2,1H3;2*1H. The van der Waals surface area contributed by atoms with Crippen molar-refractivity contribution in [2.75, 3.05) is 19.6 Å². The Balaban J connectivity index is 0.00000160. The predicted molar refractivity (Wildman–Crippen MR) is 123 cm³/mol. The van der Waals surface area contributed by atoms with Crippen LogP contribution in [0.3, 0.4) is 0 Å². The Bertz CT molecular complexity index is 924. The molecule has 6 nitrogen and oxygen atoms in total. The zero-order valence-corrected chi connectivity index (χ0v) is 18.6. The number of aromatic nitrogens is 2. The zero-order valence-electron chi connectivity index (χ0n) is 17.0. The molecule has 1 saturated heterocycles. The lowest BCUT2D eigenvalue weighted by molar-refractivity contribution is 0.0691. The Kier molecular flexibility index (Phi) is 8.96. The number of pyridine rings is 1. The molecule has 30 heavy (non-hydrogen) atoms. The van der Waals surface area contributed by atoms with Crippen LogP contribution in [0.15, 0.2) is 54.9 Å². The van der Waals surface area contributed by atoms with Crippen molar-refractivity contribution < 1.29 is 9.53 Å². The quantitative estimate of drug-likeness (QED) is 0.591. The summed E-state index contributed by atoms with van der Waals surface area (Å²) in [7, 11) is 0. The number of carbonyl (C=O) groups is 1. The highest BCUT2D eigenvalue weighted by atomic mass is 35.5. The van der Waals surface area contributed by atoms with Crippen LogP contribution in [-0.2, 0) is 6.61 Å². The van der Waals surface area contributed by atoms with Crippen molar-refractivity contribution in [2.45, 2.75) is 32.4 Å². The molecule has 1 aromatic carbocycles. The molecule has 8 heteroatoms. The van der Waals surface area contributed by atoms with Crippen LogP contribution in [0, 0.1) is 0 Å². The van der Waals surface area contributed by atoms with Crippen molar-refractivity contribution in [3.8, 4) is 5.75 Å². The topological polar surface area (TPSA) is 58.9 Å². The SMILES string of the molecule is CCCN(C(=O)c1cccc(OCc2cn3ccccc3n2)c1)C1CCNC1.Cl.Cl. The second-order valence-electron chi connectivity index (χ2n) is 7.16. The Morgan fingerprint density at radius 1 is 1.27 bits per heavy atom. The number of rotatable bonds is 7. The van der Waals surface area contributed by atoms with Gasteiger partial charge in [0.1, 0.15) is 18.0 Å². The number of ether oxygens (including phenoxy) is 1. The number of benzene rings is 1. The number of imidazole rings is 1. The molecule has 2 aromatic heterocycles. The maximum atomic E-state index is 13.1. The fourth-order valence-corrected chi connectivity index (χ4v) is 3.70. The minimum atomic E-state index is 0. The summed E-state index contributed by atoms with van der Waals surface area (Å²) in [6.45, 7) is 5.09. The minimum Gasteiger partial charge on any atom is -0.487 e. The molecule has 0 aliphatic carbocycles. The summed E-state index contributed by atoms with van der Waals surface area (Å²) in [5.41, 5.74) is 2.42. The lowest BCUT2D eigenvalue weighted by Crippen LogP contribution is -2.42. The first-order chi connectivity index (χ1) is 13.7. The van der Waals surface area contributed by atoms with Gasteiger partial charge in [-0.3, -0.25) is 4.79 Å². The Labute approximate surface area is 189 Å². The Hall–Kier alpha value is -2.28. The molecule has 0 radical (unpaired) electrons. The number of hydrogen-bond acceptors (Lipinski definition) is 4. The molecule has 1 aliphatic heterocycles. The van der Waals surface area contributed by atoms with Gasteiger partial charge in [0.15, 0.2) is 0 Å². The van der Waals surface area contributed by atoms with Gasteiger partial charge < -0.3 is 19.4 Å². The Morgan fingerprint density at radius 2 is 2.13 bits per heavy atom. The summed E-state index contributed by atoms with van der Waals surface area (Å²) in [5.74, 6) is 0.762. The van der Waals surface area contributed by atoms with E-state index in [2.05, 4.69) is 17.2 Å². The Morgan fingerprint density at radius 3 is 2.87 bits per heavy atom. The molecule has 0 saturated carbocycles. The third-order valence-electron chi connectivity index (χ3n) is 5.08. The molecule has 1 fully saturated rings. The molecular formula is C22H28Cl2N4O2. The number of halogens is 2. The molecule has 1 N–H and O–H groups in total. The van der Waals surface area contributed by atoms with Crippen LogP contribution in [0.4, 0.5) is 0 Å². The molecule has 1 amide bonds. The average molecular weight is 451 g/mol. The molecule has 1 aliphatic rings. The van der Waals surface area contributed by atoms with Crippen LogP contribution in [0.2, 0.25) is 0 Å². The first-order valence-electron chi connectivity index (χ1n) is 9.92. The number of amides is 1. The van der Waals surface area contributed by atoms with Gasteiger partial charge in [0, 0.05) is 37.1 Å². The highest BCUT2D eigenvalue weighted by molar-refractivity contribution is 5.94. The third kappa shape index (κ3) is 5.45. The van der Waals surface area contributed by atoms with Crippen molar-refractivity contribution in [2.24, 2.45) is 0 Å². The van der Waals surface area contributed by atoms with E-state index >= 15 is 0 Å². The second kappa shape index (κ2) is 11.2. The number of hydrogen-bond donors (Lipinski definition) is 1. The summed E-state index contributed by atoms with van der Waals surface area (Å²) in [4.78, 5) is 19.6. The third-order valence-corrected chi connectivity index (χ3v) is 5.08. The van der Waals surface area contributed by atoms with E-state index in [1.165, 1.54) is 0 Å². The summed E-state index contributed by atoms with van der Waals surface area (Å²) in [6, 6.07) is 13.6. The van der Waals surface area contributed by atoms with Gasteiger partial charge in [-0.25, -0.2) is 4.98 Å². The molecule has 0 spiro atoms. The molecule has 3 heterocycles. The molecule has 162 valence electrons. The number of fused-ring (bicyclic) bond motifs is 1. The van der Waals surface area contributed by atoms with Gasteiger partial charge in [0.25, 0.3) is 5.91 Å². The van der Waals surface area contributed by atoms with E-state index in [9.17, 15) is 4.79 Å². The van der Waals surface area contributed by atoms with Crippen LogP contribution in [0.5, 0.6) is 5.75 Å². The van der Waals surface area contributed by atoms with Gasteiger partial charge in [-0.2, -0.15) is 0 Å². The molecule has 1 unspecified atom stereocenters. The van der Waals surface area contributed by atoms with Gasteiger partial charge in [0.2, 0.25) is 0 Å². The van der Waals surface area contributed by atoms with Crippen molar-refractivity contribution in [3.63, 3.8) is 0 Å². The highest BCUT2D eigenvalue weighted by Crippen LogP contribution is 2.19. The first kappa shape index (κ1) is 24.0. The highest BCUT2D eigenvalue weighted by Gasteiger charge is 2.26. The van der Waals surface area contributed by atoms with Crippen LogP contribution in [-0.4, -0.2) is 45.9 Å². The zero-order chi connectivity index (χ0) is 19.3. The van der Waals surface area contributed by atoms with Gasteiger partial charge in [-0.05, 0) is 49.7 Å². The van der Waals surface area contributed by atoms with Crippen molar-refractivity contribution >= 4 is 36.4 Å². The van der Waals surface area contributed by atoms with E-state index < -0.39 is 0 Å². The lowest BCUT2D eigenvalue weighted by atomic mass is 10.1. The van der Waals surface area contributed by atoms with Crippen molar-refractivity contribution in [1.29, 1.82) is 0 Å². The number of nitrogens with zero attached hydrogens (tertiary/aromatic N) is 3. The van der Waals surface area contributed by atoms with Crippen LogP contribution in [0.25, 0.3) is 5.65 Å². The molecule has 3 aromatic rings. The monoisotopic (exact) mass is 450 g/mol. The van der Waals surface area contributed by atoms with E-state index in [0.29, 0.717) is 17.9 Å². The summed E-state index contributed by atoms with van der Waals surface area (Å²) in [6.07, 6.45) is 5.88. The maximum absolute atomic E-state index is 13.1. The fourth-order valence-electron chi connectivity index (χ4n) is 3.70. The molecule has 4 rings (SSSR count). The van der Waals surface area contributed by atoms with Gasteiger partial charge in [-0.15, -0.1) is 24.8 Å². The van der Waals surface area contributed by atoms with E-state index in [0.717, 1.165) is 43.8 Å². The molecule has 0 bridgehead atoms. The fraction of sp³-hybridized carbons (Fsp3) is 0.364. The van der Waals surface area contributed by atoms with Crippen LogP contribution >= 0.6 is 24.8 Å². The van der Waals surface area contributed by atoms with Gasteiger partial charge in [-0.1, -0.05) is 19.1 Å². The molecule has 1 atom stereocenters. The normalized spacial score (nSPS) is 15.3. The summed E-state index contributed by atoms with van der Waals surface area (Å²) >= 11 is 0. The van der Waals surface area contributed by atoms with Crippen LogP contribution < -0.4 is 10.1 Å². The van der Waals surface area contributed by atoms with Crippen LogP contribution in [0.1, 0.15) is 35.8 Å². The predicted octanol–water partition coefficient (Wildman–Crippen LogP) is 3.97. The van der Waals surface area contributed by atoms with Gasteiger partial charge in [0.05, 0.1) is 5.69 Å². The number of nitrogens with one attached hydrogen (secondary N) is 1. The largest absolute Gasteiger partial charge is 0.487 e. The van der Waals surface area contributed by atoms with Crippen molar-refractivity contribution in [1.82, 2.24) is 19.6 Å².